The Morgan fingerprint density at radius 2 is 1.93 bits per heavy atom. The smallest absolute Gasteiger partial charge is 0.249 e. The SMILES string of the molecule is CCCN(Cc1nnc(-c2ccccc2Cl)o1)C(=O)Cc1c[nH]c2ccccc12. The molecule has 0 spiro atoms. The average Bonchev–Trinajstić information content (AvgIpc) is 3.35. The number of para-hydroxylation sites is 1. The van der Waals surface area contributed by atoms with Crippen LogP contribution in [-0.4, -0.2) is 32.5 Å². The van der Waals surface area contributed by atoms with Crippen LogP contribution < -0.4 is 0 Å². The molecule has 0 saturated carbocycles. The van der Waals surface area contributed by atoms with E-state index in [1.165, 1.54) is 0 Å². The van der Waals surface area contributed by atoms with Crippen molar-refractivity contribution in [1.82, 2.24) is 20.1 Å². The lowest BCUT2D eigenvalue weighted by atomic mass is 10.1. The van der Waals surface area contributed by atoms with Gasteiger partial charge in [0.15, 0.2) is 0 Å². The number of benzene rings is 2. The fraction of sp³-hybridized carbons (Fsp3) is 0.227. The van der Waals surface area contributed by atoms with E-state index < -0.39 is 0 Å². The van der Waals surface area contributed by atoms with Gasteiger partial charge >= 0.3 is 0 Å². The largest absolute Gasteiger partial charge is 0.419 e. The molecule has 4 rings (SSSR count). The number of carbonyl (C=O) groups is 1. The predicted molar refractivity (Wildman–Crippen MR) is 112 cm³/mol. The number of nitrogens with one attached hydrogen (secondary N) is 1. The van der Waals surface area contributed by atoms with Crippen molar-refractivity contribution in [2.75, 3.05) is 6.54 Å². The Bertz CT molecular complexity index is 1130. The first-order valence-electron chi connectivity index (χ1n) is 9.55. The fourth-order valence-corrected chi connectivity index (χ4v) is 3.56. The molecule has 7 heteroatoms. The summed E-state index contributed by atoms with van der Waals surface area (Å²) < 4.78 is 5.78. The number of hydrogen-bond acceptors (Lipinski definition) is 4. The van der Waals surface area contributed by atoms with Crippen molar-refractivity contribution in [3.63, 3.8) is 0 Å². The number of nitrogens with zero attached hydrogens (tertiary/aromatic N) is 3. The van der Waals surface area contributed by atoms with Crippen LogP contribution in [0.1, 0.15) is 24.8 Å². The first kappa shape index (κ1) is 19.2. The first-order chi connectivity index (χ1) is 14.2. The Kier molecular flexibility index (Phi) is 5.62. The number of halogens is 1. The van der Waals surface area contributed by atoms with Crippen molar-refractivity contribution >= 4 is 28.4 Å². The molecule has 0 aliphatic heterocycles. The summed E-state index contributed by atoms with van der Waals surface area (Å²) in [6.07, 6.45) is 3.05. The second kappa shape index (κ2) is 8.49. The van der Waals surface area contributed by atoms with E-state index in [2.05, 4.69) is 15.2 Å². The molecule has 2 aromatic heterocycles. The number of aromatic amines is 1. The van der Waals surface area contributed by atoms with Crippen LogP contribution in [0.4, 0.5) is 0 Å². The zero-order valence-electron chi connectivity index (χ0n) is 16.1. The zero-order chi connectivity index (χ0) is 20.2. The van der Waals surface area contributed by atoms with Gasteiger partial charge in [-0.15, -0.1) is 10.2 Å². The number of fused-ring (bicyclic) bond motifs is 1. The van der Waals surface area contributed by atoms with Crippen molar-refractivity contribution in [3.8, 4) is 11.5 Å². The topological polar surface area (TPSA) is 75.0 Å². The number of carbonyl (C=O) groups excluding carboxylic acids is 1. The summed E-state index contributed by atoms with van der Waals surface area (Å²) in [5.74, 6) is 0.765. The third kappa shape index (κ3) is 4.17. The first-order valence-corrected chi connectivity index (χ1v) is 9.93. The number of amides is 1. The highest BCUT2D eigenvalue weighted by Crippen LogP contribution is 2.26. The molecule has 0 unspecified atom stereocenters. The van der Waals surface area contributed by atoms with E-state index in [9.17, 15) is 4.79 Å². The lowest BCUT2D eigenvalue weighted by Gasteiger charge is -2.20. The summed E-state index contributed by atoms with van der Waals surface area (Å²) in [6, 6.07) is 15.3. The molecule has 1 amide bonds. The third-order valence-electron chi connectivity index (χ3n) is 4.76. The van der Waals surface area contributed by atoms with Gasteiger partial charge in [-0.25, -0.2) is 0 Å². The molecular formula is C22H21ClN4O2. The van der Waals surface area contributed by atoms with Crippen LogP contribution in [0.3, 0.4) is 0 Å². The van der Waals surface area contributed by atoms with E-state index in [-0.39, 0.29) is 12.5 Å². The standard InChI is InChI=1S/C22H21ClN4O2/c1-2-11-27(21(28)12-15-13-24-19-10-6-4-7-16(15)19)14-20-25-26-22(29-20)17-8-3-5-9-18(17)23/h3-10,13,24H,2,11-12,14H2,1H3. The summed E-state index contributed by atoms with van der Waals surface area (Å²) in [6.45, 7) is 2.92. The molecule has 2 aromatic carbocycles. The monoisotopic (exact) mass is 408 g/mol. The molecule has 0 aliphatic carbocycles. The van der Waals surface area contributed by atoms with E-state index in [1.807, 2.05) is 55.6 Å². The molecule has 6 nitrogen and oxygen atoms in total. The van der Waals surface area contributed by atoms with E-state index in [0.29, 0.717) is 35.3 Å². The molecule has 1 N–H and O–H groups in total. The Morgan fingerprint density at radius 3 is 2.76 bits per heavy atom. The van der Waals surface area contributed by atoms with Gasteiger partial charge in [-0.2, -0.15) is 0 Å². The van der Waals surface area contributed by atoms with Gasteiger partial charge < -0.3 is 14.3 Å². The normalized spacial score (nSPS) is 11.1. The molecule has 0 bridgehead atoms. The molecule has 29 heavy (non-hydrogen) atoms. The van der Waals surface area contributed by atoms with Crippen LogP contribution in [0, 0.1) is 0 Å². The van der Waals surface area contributed by atoms with E-state index in [0.717, 1.165) is 22.9 Å². The lowest BCUT2D eigenvalue weighted by Crippen LogP contribution is -2.32. The number of aromatic nitrogens is 3. The summed E-state index contributed by atoms with van der Waals surface area (Å²) in [7, 11) is 0. The van der Waals surface area contributed by atoms with Crippen LogP contribution >= 0.6 is 11.6 Å². The summed E-state index contributed by atoms with van der Waals surface area (Å²) in [5.41, 5.74) is 2.69. The highest BCUT2D eigenvalue weighted by molar-refractivity contribution is 6.33. The molecule has 0 aliphatic rings. The van der Waals surface area contributed by atoms with Gasteiger partial charge in [-0.1, -0.05) is 48.9 Å². The Balaban J connectivity index is 1.51. The Hall–Kier alpha value is -3.12. The van der Waals surface area contributed by atoms with Crippen molar-refractivity contribution < 1.29 is 9.21 Å². The van der Waals surface area contributed by atoms with Gasteiger partial charge in [0.2, 0.25) is 17.7 Å². The maximum atomic E-state index is 13.0. The second-order valence-corrected chi connectivity index (χ2v) is 7.24. The minimum absolute atomic E-state index is 0.0223. The molecule has 0 fully saturated rings. The maximum absolute atomic E-state index is 13.0. The van der Waals surface area contributed by atoms with E-state index >= 15 is 0 Å². The van der Waals surface area contributed by atoms with Crippen LogP contribution in [0.25, 0.3) is 22.4 Å². The lowest BCUT2D eigenvalue weighted by molar-refractivity contribution is -0.131. The van der Waals surface area contributed by atoms with Gasteiger partial charge in [0.1, 0.15) is 0 Å². The molecule has 0 atom stereocenters. The molecule has 4 aromatic rings. The van der Waals surface area contributed by atoms with Crippen molar-refractivity contribution in [3.05, 3.63) is 71.2 Å². The van der Waals surface area contributed by atoms with Gasteiger partial charge in [0, 0.05) is 23.6 Å². The fourth-order valence-electron chi connectivity index (χ4n) is 3.34. The number of rotatable bonds is 7. The highest BCUT2D eigenvalue weighted by Gasteiger charge is 2.19. The molecule has 2 heterocycles. The molecular weight excluding hydrogens is 388 g/mol. The van der Waals surface area contributed by atoms with E-state index in [4.69, 9.17) is 16.0 Å². The van der Waals surface area contributed by atoms with Crippen molar-refractivity contribution in [2.45, 2.75) is 26.3 Å². The molecule has 0 saturated heterocycles. The second-order valence-electron chi connectivity index (χ2n) is 6.83. The predicted octanol–water partition coefficient (Wildman–Crippen LogP) is 4.85. The molecule has 148 valence electrons. The van der Waals surface area contributed by atoms with Gasteiger partial charge in [-0.3, -0.25) is 4.79 Å². The quantitative estimate of drug-likeness (QED) is 0.474. The zero-order valence-corrected chi connectivity index (χ0v) is 16.8. The maximum Gasteiger partial charge on any atom is 0.249 e. The van der Waals surface area contributed by atoms with Gasteiger partial charge in [0.25, 0.3) is 0 Å². The van der Waals surface area contributed by atoms with Gasteiger partial charge in [-0.05, 0) is 30.2 Å². The Labute approximate surface area is 173 Å². The van der Waals surface area contributed by atoms with Crippen molar-refractivity contribution in [2.24, 2.45) is 0 Å². The number of H-pyrrole nitrogens is 1. The minimum atomic E-state index is 0.0223. The van der Waals surface area contributed by atoms with Gasteiger partial charge in [0.05, 0.1) is 23.6 Å². The molecule has 0 radical (unpaired) electrons. The minimum Gasteiger partial charge on any atom is -0.419 e. The highest BCUT2D eigenvalue weighted by atomic mass is 35.5. The average molecular weight is 409 g/mol. The summed E-state index contributed by atoms with van der Waals surface area (Å²) >= 11 is 6.21. The van der Waals surface area contributed by atoms with Crippen molar-refractivity contribution in [1.29, 1.82) is 0 Å². The Morgan fingerprint density at radius 1 is 1.14 bits per heavy atom. The number of hydrogen-bond donors (Lipinski definition) is 1. The summed E-state index contributed by atoms with van der Waals surface area (Å²) in [4.78, 5) is 18.0. The summed E-state index contributed by atoms with van der Waals surface area (Å²) in [5, 5.41) is 9.81. The van der Waals surface area contributed by atoms with Crippen LogP contribution in [0.15, 0.2) is 59.1 Å². The third-order valence-corrected chi connectivity index (χ3v) is 5.09. The van der Waals surface area contributed by atoms with E-state index in [1.54, 1.807) is 11.0 Å². The van der Waals surface area contributed by atoms with Crippen LogP contribution in [0.2, 0.25) is 5.02 Å². The van der Waals surface area contributed by atoms with Crippen LogP contribution in [-0.2, 0) is 17.8 Å². The van der Waals surface area contributed by atoms with Crippen LogP contribution in [0.5, 0.6) is 0 Å².